The van der Waals surface area contributed by atoms with Crippen molar-refractivity contribution in [2.24, 2.45) is 0 Å². The maximum atomic E-state index is 13.1. The summed E-state index contributed by atoms with van der Waals surface area (Å²) in [6.45, 7) is 8.58. The molecule has 32 heavy (non-hydrogen) atoms. The van der Waals surface area contributed by atoms with E-state index in [1.807, 2.05) is 58.0 Å². The Labute approximate surface area is 190 Å². The molecule has 1 aliphatic heterocycles. The summed E-state index contributed by atoms with van der Waals surface area (Å²) < 4.78 is 11.0. The smallest absolute Gasteiger partial charge is 0.318 e. The summed E-state index contributed by atoms with van der Waals surface area (Å²) in [5.74, 6) is 1.09. The Balaban J connectivity index is 1.93. The van der Waals surface area contributed by atoms with E-state index in [2.05, 4.69) is 10.6 Å². The van der Waals surface area contributed by atoms with E-state index in [1.54, 1.807) is 25.2 Å². The number of aryl methyl sites for hydroxylation is 1. The lowest BCUT2D eigenvalue weighted by molar-refractivity contribution is 0.0932. The van der Waals surface area contributed by atoms with Gasteiger partial charge in [-0.15, -0.1) is 0 Å². The molecule has 1 aliphatic rings. The second kappa shape index (κ2) is 9.51. The van der Waals surface area contributed by atoms with Gasteiger partial charge in [0.2, 0.25) is 0 Å². The van der Waals surface area contributed by atoms with E-state index in [-0.39, 0.29) is 30.1 Å². The number of carbonyl (C=O) groups excluding carboxylic acids is 2. The largest absolute Gasteiger partial charge is 0.493 e. The van der Waals surface area contributed by atoms with Gasteiger partial charge in [-0.1, -0.05) is 18.2 Å². The fraction of sp³-hybridized carbons (Fsp3) is 0.440. The van der Waals surface area contributed by atoms with Gasteiger partial charge in [0.1, 0.15) is 0 Å². The average Bonchev–Trinajstić information content (AvgIpc) is 2.75. The molecule has 7 heteroatoms. The van der Waals surface area contributed by atoms with Crippen LogP contribution in [0.25, 0.3) is 0 Å². The van der Waals surface area contributed by atoms with Gasteiger partial charge in [0.05, 0.1) is 20.3 Å². The highest BCUT2D eigenvalue weighted by molar-refractivity contribution is 5.95. The summed E-state index contributed by atoms with van der Waals surface area (Å²) in [6.07, 6.45) is 0.690. The van der Waals surface area contributed by atoms with E-state index in [0.717, 1.165) is 16.7 Å². The summed E-state index contributed by atoms with van der Waals surface area (Å²) in [5.41, 5.74) is 3.19. The highest BCUT2D eigenvalue weighted by Crippen LogP contribution is 2.38. The van der Waals surface area contributed by atoms with Crippen molar-refractivity contribution >= 4 is 11.9 Å². The molecule has 0 radical (unpaired) electrons. The fourth-order valence-electron chi connectivity index (χ4n) is 4.00. The van der Waals surface area contributed by atoms with Gasteiger partial charge in [0.15, 0.2) is 11.5 Å². The van der Waals surface area contributed by atoms with E-state index in [4.69, 9.17) is 9.47 Å². The van der Waals surface area contributed by atoms with Crippen molar-refractivity contribution in [3.63, 3.8) is 0 Å². The van der Waals surface area contributed by atoms with Crippen LogP contribution in [-0.4, -0.2) is 49.7 Å². The first-order chi connectivity index (χ1) is 15.1. The monoisotopic (exact) mass is 439 g/mol. The molecule has 1 atom stereocenters. The van der Waals surface area contributed by atoms with Crippen LogP contribution in [0.5, 0.6) is 11.5 Å². The summed E-state index contributed by atoms with van der Waals surface area (Å²) >= 11 is 0. The van der Waals surface area contributed by atoms with Crippen LogP contribution in [0.3, 0.4) is 0 Å². The third-order valence-corrected chi connectivity index (χ3v) is 5.59. The third-order valence-electron chi connectivity index (χ3n) is 5.59. The van der Waals surface area contributed by atoms with E-state index in [1.165, 1.54) is 0 Å². The molecule has 0 aliphatic carbocycles. The predicted molar refractivity (Wildman–Crippen MR) is 124 cm³/mol. The van der Waals surface area contributed by atoms with Crippen molar-refractivity contribution in [3.05, 3.63) is 58.7 Å². The summed E-state index contributed by atoms with van der Waals surface area (Å²) in [7, 11) is 3.20. The van der Waals surface area contributed by atoms with Gasteiger partial charge in [0.25, 0.3) is 5.91 Å². The number of benzene rings is 2. The number of hydrogen-bond acceptors (Lipinski definition) is 4. The predicted octanol–water partition coefficient (Wildman–Crippen LogP) is 3.85. The average molecular weight is 440 g/mol. The molecule has 0 saturated heterocycles. The normalized spacial score (nSPS) is 15.6. The number of urea groups is 1. The van der Waals surface area contributed by atoms with Gasteiger partial charge in [-0.3, -0.25) is 4.79 Å². The van der Waals surface area contributed by atoms with Gasteiger partial charge >= 0.3 is 6.03 Å². The molecule has 0 spiro atoms. The minimum absolute atomic E-state index is 0.159. The van der Waals surface area contributed by atoms with Gasteiger partial charge in [-0.25, -0.2) is 4.79 Å². The number of nitrogens with zero attached hydrogens (tertiary/aromatic N) is 1. The quantitative estimate of drug-likeness (QED) is 0.742. The van der Waals surface area contributed by atoms with E-state index in [9.17, 15) is 9.59 Å². The van der Waals surface area contributed by atoms with Gasteiger partial charge < -0.3 is 25.0 Å². The maximum absolute atomic E-state index is 13.1. The van der Waals surface area contributed by atoms with Crippen LogP contribution in [0.4, 0.5) is 4.79 Å². The zero-order chi connectivity index (χ0) is 23.5. The lowest BCUT2D eigenvalue weighted by Gasteiger charge is -2.39. The number of rotatable bonds is 5. The minimum atomic E-state index is -0.371. The third kappa shape index (κ3) is 5.15. The second-order valence-corrected chi connectivity index (χ2v) is 9.07. The van der Waals surface area contributed by atoms with Gasteiger partial charge in [-0.05, 0) is 69.0 Å². The summed E-state index contributed by atoms with van der Waals surface area (Å²) in [5, 5.41) is 6.08. The summed E-state index contributed by atoms with van der Waals surface area (Å²) in [6, 6.07) is 10.8. The SMILES string of the molecule is COc1cc2c(cc1OC)[C@@H](CNC(=O)c1ccccc1C)N(C(=O)NC(C)(C)C)CC2. The molecule has 3 rings (SSSR count). The topological polar surface area (TPSA) is 79.9 Å². The first-order valence-electron chi connectivity index (χ1n) is 10.8. The van der Waals surface area contributed by atoms with Crippen LogP contribution < -0.4 is 20.1 Å². The summed E-state index contributed by atoms with van der Waals surface area (Å²) in [4.78, 5) is 27.8. The Hall–Kier alpha value is -3.22. The van der Waals surface area contributed by atoms with Crippen molar-refractivity contribution in [1.29, 1.82) is 0 Å². The molecule has 2 aromatic carbocycles. The van der Waals surface area contributed by atoms with Crippen LogP contribution in [-0.2, 0) is 6.42 Å². The number of ether oxygens (including phenoxy) is 2. The highest BCUT2D eigenvalue weighted by atomic mass is 16.5. The molecule has 7 nitrogen and oxygen atoms in total. The van der Waals surface area contributed by atoms with E-state index < -0.39 is 0 Å². The van der Waals surface area contributed by atoms with Crippen LogP contribution >= 0.6 is 0 Å². The standard InChI is InChI=1S/C25H33N3O4/c1-16-9-7-8-10-18(16)23(29)26-15-20-19-14-22(32-6)21(31-5)13-17(19)11-12-28(20)24(30)27-25(2,3)4/h7-10,13-14,20H,11-12,15H2,1-6H3,(H,26,29)(H,27,30)/t20-/m1/s1. The van der Waals surface area contributed by atoms with Crippen molar-refractivity contribution in [1.82, 2.24) is 15.5 Å². The Kier molecular flexibility index (Phi) is 6.96. The molecule has 3 amide bonds. The van der Waals surface area contributed by atoms with E-state index >= 15 is 0 Å². The Morgan fingerprint density at radius 1 is 1.09 bits per heavy atom. The number of amides is 3. The van der Waals surface area contributed by atoms with Crippen LogP contribution in [0, 0.1) is 6.92 Å². The first kappa shape index (κ1) is 23.4. The zero-order valence-electron chi connectivity index (χ0n) is 19.7. The molecule has 0 bridgehead atoms. The molecule has 0 aromatic heterocycles. The van der Waals surface area contributed by atoms with Gasteiger partial charge in [-0.2, -0.15) is 0 Å². The molecule has 2 aromatic rings. The van der Waals surface area contributed by atoms with Crippen LogP contribution in [0.2, 0.25) is 0 Å². The fourth-order valence-corrected chi connectivity index (χ4v) is 4.00. The molecule has 0 saturated carbocycles. The Morgan fingerprint density at radius 2 is 1.75 bits per heavy atom. The van der Waals surface area contributed by atoms with Crippen molar-refractivity contribution in [2.75, 3.05) is 27.3 Å². The molecule has 0 fully saturated rings. The van der Waals surface area contributed by atoms with Crippen LogP contribution in [0.1, 0.15) is 53.9 Å². The van der Waals surface area contributed by atoms with Gasteiger partial charge in [0, 0.05) is 24.2 Å². The zero-order valence-corrected chi connectivity index (χ0v) is 19.7. The van der Waals surface area contributed by atoms with Crippen LogP contribution in [0.15, 0.2) is 36.4 Å². The maximum Gasteiger partial charge on any atom is 0.318 e. The van der Waals surface area contributed by atoms with E-state index in [0.29, 0.717) is 30.0 Å². The molecule has 2 N–H and O–H groups in total. The molecular formula is C25H33N3O4. The number of hydrogen-bond donors (Lipinski definition) is 2. The van der Waals surface area contributed by atoms with Crippen molar-refractivity contribution < 1.29 is 19.1 Å². The lowest BCUT2D eigenvalue weighted by atomic mass is 9.91. The molecular weight excluding hydrogens is 406 g/mol. The number of fused-ring (bicyclic) bond motifs is 1. The number of nitrogens with one attached hydrogen (secondary N) is 2. The Bertz CT molecular complexity index is 997. The van der Waals surface area contributed by atoms with Crippen molar-refractivity contribution in [3.8, 4) is 11.5 Å². The van der Waals surface area contributed by atoms with Crippen molar-refractivity contribution in [2.45, 2.75) is 45.7 Å². The first-order valence-corrected chi connectivity index (χ1v) is 10.8. The second-order valence-electron chi connectivity index (χ2n) is 9.07. The lowest BCUT2D eigenvalue weighted by Crippen LogP contribution is -2.53. The number of methoxy groups -OCH3 is 2. The molecule has 0 unspecified atom stereocenters. The number of carbonyl (C=O) groups is 2. The molecule has 1 heterocycles. The minimum Gasteiger partial charge on any atom is -0.493 e. The highest BCUT2D eigenvalue weighted by Gasteiger charge is 2.33. The molecule has 172 valence electrons. The Morgan fingerprint density at radius 3 is 2.38 bits per heavy atom.